The van der Waals surface area contributed by atoms with Crippen LogP contribution in [0.2, 0.25) is 0 Å². The van der Waals surface area contributed by atoms with Crippen LogP contribution >= 0.6 is 0 Å². The van der Waals surface area contributed by atoms with Gasteiger partial charge in [0, 0.05) is 19.5 Å². The summed E-state index contributed by atoms with van der Waals surface area (Å²) < 4.78 is 36.4. The third-order valence-electron chi connectivity index (χ3n) is 2.64. The van der Waals surface area contributed by atoms with Gasteiger partial charge >= 0.3 is 6.18 Å². The number of carbonyl (C=O) groups is 2. The molecular weight excluding hydrogens is 251 g/mol. The molecule has 0 spiro atoms. The number of rotatable bonds is 5. The number of likely N-dealkylation sites (tertiary alicyclic amines) is 1. The first-order valence-corrected chi connectivity index (χ1v) is 5.66. The highest BCUT2D eigenvalue weighted by Gasteiger charge is 2.40. The van der Waals surface area contributed by atoms with E-state index in [0.29, 0.717) is 24.4 Å². The minimum absolute atomic E-state index is 0.162. The molecule has 1 saturated heterocycles. The number of alkyl halides is 3. The summed E-state index contributed by atoms with van der Waals surface area (Å²) in [5.74, 6) is -1.72. The molecule has 3 N–H and O–H groups in total. The van der Waals surface area contributed by atoms with Gasteiger partial charge in [0.15, 0.2) is 0 Å². The molecule has 1 aliphatic rings. The number of amides is 2. The average molecular weight is 267 g/mol. The number of carbonyl (C=O) groups excluding carboxylic acids is 2. The highest BCUT2D eigenvalue weighted by atomic mass is 19.4. The van der Waals surface area contributed by atoms with Crippen LogP contribution in [0, 0.1) is 5.92 Å². The van der Waals surface area contributed by atoms with E-state index in [9.17, 15) is 22.8 Å². The summed E-state index contributed by atoms with van der Waals surface area (Å²) in [5.41, 5.74) is 5.24. The Balaban J connectivity index is 2.43. The average Bonchev–Trinajstić information content (AvgIpc) is 2.58. The Hall–Kier alpha value is -1.31. The van der Waals surface area contributed by atoms with Crippen molar-refractivity contribution in [2.45, 2.75) is 19.0 Å². The van der Waals surface area contributed by atoms with Crippen molar-refractivity contribution in [3.8, 4) is 0 Å². The SMILES string of the molecule is NCCCNC(=O)C1CC(=O)N(CC(F)(F)F)C1. The maximum atomic E-state index is 12.1. The van der Waals surface area contributed by atoms with Crippen LogP contribution in [0.15, 0.2) is 0 Å². The van der Waals surface area contributed by atoms with Crippen molar-refractivity contribution in [2.24, 2.45) is 11.7 Å². The lowest BCUT2D eigenvalue weighted by atomic mass is 10.1. The number of hydrogen-bond donors (Lipinski definition) is 2. The van der Waals surface area contributed by atoms with Crippen molar-refractivity contribution >= 4 is 11.8 Å². The second kappa shape index (κ2) is 6.03. The molecule has 1 heterocycles. The van der Waals surface area contributed by atoms with Crippen LogP contribution in [0.3, 0.4) is 0 Å². The van der Waals surface area contributed by atoms with Crippen LogP contribution < -0.4 is 11.1 Å². The molecule has 1 aliphatic heterocycles. The fraction of sp³-hybridized carbons (Fsp3) is 0.800. The van der Waals surface area contributed by atoms with E-state index >= 15 is 0 Å². The third-order valence-corrected chi connectivity index (χ3v) is 2.64. The molecule has 1 unspecified atom stereocenters. The van der Waals surface area contributed by atoms with Crippen LogP contribution in [0.4, 0.5) is 13.2 Å². The number of hydrogen-bond acceptors (Lipinski definition) is 3. The van der Waals surface area contributed by atoms with Gasteiger partial charge in [0.05, 0.1) is 5.92 Å². The zero-order chi connectivity index (χ0) is 13.8. The molecule has 0 saturated carbocycles. The molecule has 8 heteroatoms. The van der Waals surface area contributed by atoms with Crippen LogP contribution in [0.5, 0.6) is 0 Å². The van der Waals surface area contributed by atoms with Crippen LogP contribution in [-0.4, -0.2) is 49.1 Å². The molecule has 1 rings (SSSR count). The summed E-state index contributed by atoms with van der Waals surface area (Å²) in [7, 11) is 0. The van der Waals surface area contributed by atoms with E-state index in [4.69, 9.17) is 5.73 Å². The summed E-state index contributed by atoms with van der Waals surface area (Å²) in [6, 6.07) is 0. The summed E-state index contributed by atoms with van der Waals surface area (Å²) >= 11 is 0. The number of nitrogens with zero attached hydrogens (tertiary/aromatic N) is 1. The molecule has 0 bridgehead atoms. The maximum Gasteiger partial charge on any atom is 0.406 e. The Labute approximate surface area is 102 Å². The number of nitrogens with one attached hydrogen (secondary N) is 1. The number of halogens is 3. The minimum atomic E-state index is -4.43. The van der Waals surface area contributed by atoms with Crippen molar-refractivity contribution in [3.63, 3.8) is 0 Å². The molecule has 0 aromatic carbocycles. The first-order valence-electron chi connectivity index (χ1n) is 5.66. The molecule has 0 radical (unpaired) electrons. The van der Waals surface area contributed by atoms with E-state index in [1.165, 1.54) is 0 Å². The minimum Gasteiger partial charge on any atom is -0.356 e. The zero-order valence-electron chi connectivity index (χ0n) is 9.79. The summed E-state index contributed by atoms with van der Waals surface area (Å²) in [4.78, 5) is 23.6. The van der Waals surface area contributed by atoms with Crippen LogP contribution in [-0.2, 0) is 9.59 Å². The highest BCUT2D eigenvalue weighted by Crippen LogP contribution is 2.23. The quantitative estimate of drug-likeness (QED) is 0.681. The van der Waals surface area contributed by atoms with Crippen LogP contribution in [0.1, 0.15) is 12.8 Å². The monoisotopic (exact) mass is 267 g/mol. The zero-order valence-corrected chi connectivity index (χ0v) is 9.79. The molecule has 0 aliphatic carbocycles. The van der Waals surface area contributed by atoms with Gasteiger partial charge < -0.3 is 16.0 Å². The molecule has 0 aromatic rings. The molecule has 1 atom stereocenters. The fourth-order valence-electron chi connectivity index (χ4n) is 1.78. The molecular formula is C10H16F3N3O2. The van der Waals surface area contributed by atoms with E-state index < -0.39 is 24.5 Å². The third kappa shape index (κ3) is 4.52. The van der Waals surface area contributed by atoms with Gasteiger partial charge in [-0.1, -0.05) is 0 Å². The fourth-order valence-corrected chi connectivity index (χ4v) is 1.78. The second-order valence-electron chi connectivity index (χ2n) is 4.22. The van der Waals surface area contributed by atoms with Crippen LogP contribution in [0.25, 0.3) is 0 Å². The topological polar surface area (TPSA) is 75.4 Å². The van der Waals surface area contributed by atoms with Crippen molar-refractivity contribution in [3.05, 3.63) is 0 Å². The van der Waals surface area contributed by atoms with Gasteiger partial charge in [-0.3, -0.25) is 9.59 Å². The predicted octanol–water partition coefficient (Wildman–Crippen LogP) is -0.138. The van der Waals surface area contributed by atoms with Crippen molar-refractivity contribution in [2.75, 3.05) is 26.2 Å². The Kier molecular flexibility index (Phi) is 4.94. The largest absolute Gasteiger partial charge is 0.406 e. The molecule has 5 nitrogen and oxygen atoms in total. The standard InChI is InChI=1S/C10H16F3N3O2/c11-10(12,13)6-16-5-7(4-8(16)17)9(18)15-3-1-2-14/h7H,1-6,14H2,(H,15,18). The summed E-state index contributed by atoms with van der Waals surface area (Å²) in [5, 5.41) is 2.55. The van der Waals surface area contributed by atoms with Gasteiger partial charge in [0.2, 0.25) is 11.8 Å². The summed E-state index contributed by atoms with van der Waals surface area (Å²) in [6.45, 7) is -0.672. The number of nitrogens with two attached hydrogens (primary N) is 1. The molecule has 104 valence electrons. The van der Waals surface area contributed by atoms with E-state index in [0.717, 1.165) is 0 Å². The van der Waals surface area contributed by atoms with Crippen molar-refractivity contribution < 1.29 is 22.8 Å². The molecule has 2 amide bonds. The van der Waals surface area contributed by atoms with Gasteiger partial charge in [0.25, 0.3) is 0 Å². The lowest BCUT2D eigenvalue weighted by molar-refractivity contribution is -0.157. The van der Waals surface area contributed by atoms with E-state index in [1.807, 2.05) is 0 Å². The van der Waals surface area contributed by atoms with E-state index in [2.05, 4.69) is 5.32 Å². The van der Waals surface area contributed by atoms with Crippen molar-refractivity contribution in [1.29, 1.82) is 0 Å². The summed E-state index contributed by atoms with van der Waals surface area (Å²) in [6.07, 6.45) is -4.00. The predicted molar refractivity (Wildman–Crippen MR) is 57.4 cm³/mol. The maximum absolute atomic E-state index is 12.1. The first-order chi connectivity index (χ1) is 8.33. The Morgan fingerprint density at radius 1 is 1.50 bits per heavy atom. The molecule has 1 fully saturated rings. The highest BCUT2D eigenvalue weighted by molar-refractivity contribution is 5.89. The Morgan fingerprint density at radius 2 is 2.17 bits per heavy atom. The van der Waals surface area contributed by atoms with Gasteiger partial charge in [-0.15, -0.1) is 0 Å². The lowest BCUT2D eigenvalue weighted by Gasteiger charge is -2.18. The van der Waals surface area contributed by atoms with Gasteiger partial charge in [0.1, 0.15) is 6.54 Å². The van der Waals surface area contributed by atoms with Gasteiger partial charge in [-0.05, 0) is 13.0 Å². The van der Waals surface area contributed by atoms with Crippen molar-refractivity contribution in [1.82, 2.24) is 10.2 Å². The normalized spacial score (nSPS) is 20.3. The molecule has 0 aromatic heterocycles. The Bertz CT molecular complexity index is 320. The second-order valence-corrected chi connectivity index (χ2v) is 4.22. The lowest BCUT2D eigenvalue weighted by Crippen LogP contribution is -2.37. The smallest absolute Gasteiger partial charge is 0.356 e. The molecule has 18 heavy (non-hydrogen) atoms. The van der Waals surface area contributed by atoms with E-state index in [1.54, 1.807) is 0 Å². The Morgan fingerprint density at radius 3 is 2.72 bits per heavy atom. The van der Waals surface area contributed by atoms with Gasteiger partial charge in [-0.25, -0.2) is 0 Å². The van der Waals surface area contributed by atoms with E-state index in [-0.39, 0.29) is 18.9 Å². The van der Waals surface area contributed by atoms with Gasteiger partial charge in [-0.2, -0.15) is 13.2 Å². The first kappa shape index (κ1) is 14.7.